The number of hydrogen-bond acceptors (Lipinski definition) is 5. The molecule has 0 aliphatic heterocycles. The van der Waals surface area contributed by atoms with Crippen molar-refractivity contribution in [2.45, 2.75) is 6.42 Å². The number of aromatic nitrogens is 2. The summed E-state index contributed by atoms with van der Waals surface area (Å²) in [6, 6.07) is 7.38. The van der Waals surface area contributed by atoms with Crippen LogP contribution in [0.4, 0.5) is 0 Å². The minimum Gasteiger partial charge on any atom is -0.497 e. The van der Waals surface area contributed by atoms with Crippen LogP contribution in [0.1, 0.15) is 5.69 Å². The molecular formula is C17H19N3O3S. The summed E-state index contributed by atoms with van der Waals surface area (Å²) in [7, 11) is 3.40. The molecule has 0 atom stereocenters. The van der Waals surface area contributed by atoms with Gasteiger partial charge in [0, 0.05) is 24.8 Å². The van der Waals surface area contributed by atoms with Crippen LogP contribution in [0.3, 0.4) is 0 Å². The Morgan fingerprint density at radius 2 is 2.04 bits per heavy atom. The number of thiazole rings is 1. The molecule has 0 unspecified atom stereocenters. The number of carbonyl (C=O) groups excluding carboxylic acids is 1. The number of imidazole rings is 1. The van der Waals surface area contributed by atoms with Crippen LogP contribution in [0.5, 0.6) is 11.5 Å². The van der Waals surface area contributed by atoms with Crippen molar-refractivity contribution < 1.29 is 14.3 Å². The topological polar surface area (TPSA) is 56.1 Å². The van der Waals surface area contributed by atoms with E-state index in [0.717, 1.165) is 22.2 Å². The third-order valence-corrected chi connectivity index (χ3v) is 4.43. The second kappa shape index (κ2) is 7.35. The molecule has 6 nitrogen and oxygen atoms in total. The van der Waals surface area contributed by atoms with Gasteiger partial charge in [-0.25, -0.2) is 4.98 Å². The highest BCUT2D eigenvalue weighted by atomic mass is 32.1. The van der Waals surface area contributed by atoms with E-state index in [9.17, 15) is 4.79 Å². The third kappa shape index (κ3) is 3.86. The zero-order valence-corrected chi connectivity index (χ0v) is 14.5. The highest BCUT2D eigenvalue weighted by Crippen LogP contribution is 2.17. The molecule has 1 amide bonds. The second-order valence-electron chi connectivity index (χ2n) is 5.34. The summed E-state index contributed by atoms with van der Waals surface area (Å²) < 4.78 is 12.7. The minimum absolute atomic E-state index is 0.0269. The predicted molar refractivity (Wildman–Crippen MR) is 92.9 cm³/mol. The Hall–Kier alpha value is -2.54. The molecule has 0 aliphatic carbocycles. The number of methoxy groups -OCH3 is 1. The van der Waals surface area contributed by atoms with Crippen molar-refractivity contribution >= 4 is 22.2 Å². The van der Waals surface area contributed by atoms with Crippen molar-refractivity contribution in [3.8, 4) is 11.5 Å². The standard InChI is InChI=1S/C17H19N3O3S/c1-19(7-9-23-15-5-3-14(22-2)4-6-15)16(21)11-13-12-20-8-10-24-17(20)18-13/h3-6,8,10,12H,7,9,11H2,1-2H3. The van der Waals surface area contributed by atoms with E-state index >= 15 is 0 Å². The van der Waals surface area contributed by atoms with Crippen LogP contribution in [0.25, 0.3) is 4.96 Å². The lowest BCUT2D eigenvalue weighted by Gasteiger charge is -2.17. The Bertz CT molecular complexity index is 781. The van der Waals surface area contributed by atoms with E-state index in [1.807, 2.05) is 46.4 Å². The number of fused-ring (bicyclic) bond motifs is 1. The summed E-state index contributed by atoms with van der Waals surface area (Å²) in [6.07, 6.45) is 4.13. The zero-order valence-electron chi connectivity index (χ0n) is 13.6. The molecule has 0 fully saturated rings. The van der Waals surface area contributed by atoms with E-state index in [2.05, 4.69) is 4.98 Å². The third-order valence-electron chi connectivity index (χ3n) is 3.66. The molecule has 0 bridgehead atoms. The average molecular weight is 345 g/mol. The molecule has 1 aromatic carbocycles. The fraction of sp³-hybridized carbons (Fsp3) is 0.294. The fourth-order valence-electron chi connectivity index (χ4n) is 2.25. The number of ether oxygens (including phenoxy) is 2. The Morgan fingerprint density at radius 3 is 2.75 bits per heavy atom. The van der Waals surface area contributed by atoms with Gasteiger partial charge in [-0.2, -0.15) is 0 Å². The summed E-state index contributed by atoms with van der Waals surface area (Å²) in [5.41, 5.74) is 0.787. The molecule has 0 saturated carbocycles. The number of rotatable bonds is 7. The van der Waals surface area contributed by atoms with Crippen LogP contribution in [0, 0.1) is 0 Å². The Labute approximate surface area is 144 Å². The number of hydrogen-bond donors (Lipinski definition) is 0. The van der Waals surface area contributed by atoms with Crippen molar-refractivity contribution in [1.82, 2.24) is 14.3 Å². The van der Waals surface area contributed by atoms with E-state index in [1.54, 1.807) is 30.4 Å². The molecular weight excluding hydrogens is 326 g/mol. The normalized spacial score (nSPS) is 10.8. The molecule has 2 aromatic heterocycles. The van der Waals surface area contributed by atoms with Crippen LogP contribution in [0.15, 0.2) is 42.0 Å². The largest absolute Gasteiger partial charge is 0.497 e. The average Bonchev–Trinajstić information content (AvgIpc) is 3.16. The van der Waals surface area contributed by atoms with E-state index in [-0.39, 0.29) is 5.91 Å². The van der Waals surface area contributed by atoms with E-state index in [1.165, 1.54) is 0 Å². The summed E-state index contributed by atoms with van der Waals surface area (Å²) in [5, 5.41) is 1.97. The number of carbonyl (C=O) groups is 1. The lowest BCUT2D eigenvalue weighted by atomic mass is 10.3. The molecule has 0 spiro atoms. The van der Waals surface area contributed by atoms with E-state index in [4.69, 9.17) is 9.47 Å². The predicted octanol–water partition coefficient (Wildman–Crippen LogP) is 2.48. The number of amides is 1. The Kier molecular flexibility index (Phi) is 5.00. The van der Waals surface area contributed by atoms with Gasteiger partial charge in [-0.05, 0) is 24.3 Å². The Balaban J connectivity index is 1.46. The SMILES string of the molecule is COc1ccc(OCCN(C)C(=O)Cc2cn3ccsc3n2)cc1. The van der Waals surface area contributed by atoms with Crippen molar-refractivity contribution in [2.24, 2.45) is 0 Å². The summed E-state index contributed by atoms with van der Waals surface area (Å²) >= 11 is 1.56. The first kappa shape index (κ1) is 16.3. The van der Waals surface area contributed by atoms with Gasteiger partial charge in [0.2, 0.25) is 5.91 Å². The van der Waals surface area contributed by atoms with Crippen LogP contribution in [-0.2, 0) is 11.2 Å². The van der Waals surface area contributed by atoms with Gasteiger partial charge in [-0.3, -0.25) is 9.20 Å². The van der Waals surface area contributed by atoms with Crippen molar-refractivity contribution in [2.75, 3.05) is 27.3 Å². The quantitative estimate of drug-likeness (QED) is 0.660. The maximum Gasteiger partial charge on any atom is 0.228 e. The maximum absolute atomic E-state index is 12.2. The van der Waals surface area contributed by atoms with Gasteiger partial charge in [0.15, 0.2) is 4.96 Å². The molecule has 0 N–H and O–H groups in total. The van der Waals surface area contributed by atoms with Crippen molar-refractivity contribution in [3.05, 3.63) is 47.7 Å². The highest BCUT2D eigenvalue weighted by molar-refractivity contribution is 7.15. The molecule has 3 aromatic rings. The smallest absolute Gasteiger partial charge is 0.228 e. The van der Waals surface area contributed by atoms with Gasteiger partial charge in [-0.1, -0.05) is 0 Å². The molecule has 0 radical (unpaired) electrons. The van der Waals surface area contributed by atoms with Gasteiger partial charge in [0.25, 0.3) is 0 Å². The molecule has 7 heteroatoms. The number of benzene rings is 1. The molecule has 0 saturated heterocycles. The number of nitrogens with zero attached hydrogens (tertiary/aromatic N) is 3. The lowest BCUT2D eigenvalue weighted by molar-refractivity contribution is -0.129. The van der Waals surface area contributed by atoms with Crippen molar-refractivity contribution in [3.63, 3.8) is 0 Å². The zero-order chi connectivity index (χ0) is 16.9. The van der Waals surface area contributed by atoms with E-state index < -0.39 is 0 Å². The van der Waals surface area contributed by atoms with Gasteiger partial charge < -0.3 is 14.4 Å². The Morgan fingerprint density at radius 1 is 1.29 bits per heavy atom. The first-order chi connectivity index (χ1) is 11.7. The monoisotopic (exact) mass is 345 g/mol. The summed E-state index contributed by atoms with van der Waals surface area (Å²) in [4.78, 5) is 19.2. The first-order valence-corrected chi connectivity index (χ1v) is 8.45. The maximum atomic E-state index is 12.2. The first-order valence-electron chi connectivity index (χ1n) is 7.57. The van der Waals surface area contributed by atoms with Gasteiger partial charge >= 0.3 is 0 Å². The van der Waals surface area contributed by atoms with Gasteiger partial charge in [-0.15, -0.1) is 11.3 Å². The van der Waals surface area contributed by atoms with Crippen molar-refractivity contribution in [1.29, 1.82) is 0 Å². The second-order valence-corrected chi connectivity index (χ2v) is 6.21. The number of likely N-dealkylation sites (N-methyl/N-ethyl adjacent to an activating group) is 1. The summed E-state index contributed by atoms with van der Waals surface area (Å²) in [5.74, 6) is 1.57. The van der Waals surface area contributed by atoms with Crippen LogP contribution in [0.2, 0.25) is 0 Å². The van der Waals surface area contributed by atoms with Crippen LogP contribution in [-0.4, -0.2) is 47.5 Å². The minimum atomic E-state index is 0.0269. The highest BCUT2D eigenvalue weighted by Gasteiger charge is 2.12. The molecule has 3 rings (SSSR count). The van der Waals surface area contributed by atoms with Crippen LogP contribution < -0.4 is 9.47 Å². The van der Waals surface area contributed by atoms with Gasteiger partial charge in [0.1, 0.15) is 18.1 Å². The lowest BCUT2D eigenvalue weighted by Crippen LogP contribution is -2.32. The fourth-order valence-corrected chi connectivity index (χ4v) is 2.97. The van der Waals surface area contributed by atoms with Crippen LogP contribution >= 0.6 is 11.3 Å². The summed E-state index contributed by atoms with van der Waals surface area (Å²) in [6.45, 7) is 0.958. The molecule has 126 valence electrons. The molecule has 2 heterocycles. The van der Waals surface area contributed by atoms with E-state index in [0.29, 0.717) is 19.6 Å². The molecule has 0 aliphatic rings. The molecule has 24 heavy (non-hydrogen) atoms. The van der Waals surface area contributed by atoms with Gasteiger partial charge in [0.05, 0.1) is 25.8 Å².